The number of halogens is 2. The van der Waals surface area contributed by atoms with Crippen LogP contribution in [0.2, 0.25) is 10.3 Å². The molecule has 2 bridgehead atoms. The normalized spacial score (nSPS) is 25.8. The molecule has 114 valence electrons. The number of hydrogen-bond donors (Lipinski definition) is 1. The molecule has 2 atom stereocenters. The largest absolute Gasteiger partial charge is 0.323 e. The van der Waals surface area contributed by atoms with Crippen molar-refractivity contribution in [1.82, 2.24) is 14.8 Å². The summed E-state index contributed by atoms with van der Waals surface area (Å²) >= 11 is 11.7. The number of aromatic nitrogens is 1. The van der Waals surface area contributed by atoms with Gasteiger partial charge in [0.05, 0.1) is 0 Å². The predicted molar refractivity (Wildman–Crippen MR) is 84.0 cm³/mol. The summed E-state index contributed by atoms with van der Waals surface area (Å²) in [5.74, 6) is 0. The maximum absolute atomic E-state index is 12.4. The highest BCUT2D eigenvalue weighted by atomic mass is 35.5. The van der Waals surface area contributed by atoms with Crippen LogP contribution in [-0.4, -0.2) is 53.0 Å². The van der Waals surface area contributed by atoms with Crippen LogP contribution in [0.3, 0.4) is 0 Å². The third-order valence-electron chi connectivity index (χ3n) is 4.45. The lowest BCUT2D eigenvalue weighted by molar-refractivity contribution is 0.200. The molecule has 7 heteroatoms. The van der Waals surface area contributed by atoms with Crippen molar-refractivity contribution in [2.24, 2.45) is 0 Å². The monoisotopic (exact) mass is 328 g/mol. The van der Waals surface area contributed by atoms with Crippen LogP contribution in [0.1, 0.15) is 19.3 Å². The van der Waals surface area contributed by atoms with E-state index in [-0.39, 0.29) is 16.3 Å². The molecule has 3 heterocycles. The molecule has 0 radical (unpaired) electrons. The Labute approximate surface area is 134 Å². The topological polar surface area (TPSA) is 48.5 Å². The number of amides is 2. The molecule has 2 amide bonds. The minimum Gasteiger partial charge on any atom is -0.323 e. The summed E-state index contributed by atoms with van der Waals surface area (Å²) in [5, 5.41) is 3.40. The van der Waals surface area contributed by atoms with Gasteiger partial charge in [0.2, 0.25) is 0 Å². The van der Waals surface area contributed by atoms with Gasteiger partial charge in [0.25, 0.3) is 0 Å². The van der Waals surface area contributed by atoms with Gasteiger partial charge in [-0.15, -0.1) is 0 Å². The van der Waals surface area contributed by atoms with Gasteiger partial charge in [-0.25, -0.2) is 9.78 Å². The first-order valence-electron chi connectivity index (χ1n) is 7.14. The number of rotatable bonds is 1. The summed E-state index contributed by atoms with van der Waals surface area (Å²) in [5.41, 5.74) is 0.577. The number of nitrogens with one attached hydrogen (secondary N) is 1. The van der Waals surface area contributed by atoms with Crippen LogP contribution in [0.15, 0.2) is 12.1 Å². The van der Waals surface area contributed by atoms with Gasteiger partial charge < -0.3 is 10.2 Å². The van der Waals surface area contributed by atoms with Gasteiger partial charge in [-0.3, -0.25) is 4.90 Å². The Hall–Kier alpha value is -1.04. The highest BCUT2D eigenvalue weighted by Crippen LogP contribution is 2.28. The molecule has 0 spiro atoms. The number of hydrogen-bond acceptors (Lipinski definition) is 3. The van der Waals surface area contributed by atoms with E-state index < -0.39 is 0 Å². The quantitative estimate of drug-likeness (QED) is 0.806. The second-order valence-corrected chi connectivity index (χ2v) is 6.49. The molecule has 1 aromatic rings. The molecule has 1 aromatic heterocycles. The average Bonchev–Trinajstić information content (AvgIpc) is 2.61. The van der Waals surface area contributed by atoms with Gasteiger partial charge in [0.15, 0.2) is 0 Å². The SMILES string of the molecule is CN1[C@H]2CC[C@@H]1CN(C(=O)Nc1cc(Cl)nc(Cl)c1)CC2. The van der Waals surface area contributed by atoms with Crippen molar-refractivity contribution in [3.05, 3.63) is 22.4 Å². The van der Waals surface area contributed by atoms with Crippen molar-refractivity contribution in [2.45, 2.75) is 31.3 Å². The highest BCUT2D eigenvalue weighted by Gasteiger charge is 2.35. The van der Waals surface area contributed by atoms with Crippen molar-refractivity contribution in [3.63, 3.8) is 0 Å². The van der Waals surface area contributed by atoms with Crippen molar-refractivity contribution in [3.8, 4) is 0 Å². The molecule has 0 unspecified atom stereocenters. The second-order valence-electron chi connectivity index (χ2n) is 5.72. The van der Waals surface area contributed by atoms with E-state index >= 15 is 0 Å². The number of anilines is 1. The summed E-state index contributed by atoms with van der Waals surface area (Å²) in [6.07, 6.45) is 3.43. The number of nitrogens with zero attached hydrogens (tertiary/aromatic N) is 3. The molecule has 5 nitrogen and oxygen atoms in total. The van der Waals surface area contributed by atoms with Crippen molar-refractivity contribution in [1.29, 1.82) is 0 Å². The van der Waals surface area contributed by atoms with E-state index in [9.17, 15) is 4.79 Å². The number of carbonyl (C=O) groups is 1. The van der Waals surface area contributed by atoms with Crippen LogP contribution < -0.4 is 5.32 Å². The van der Waals surface area contributed by atoms with Gasteiger partial charge in [-0.1, -0.05) is 23.2 Å². The number of carbonyl (C=O) groups excluding carboxylic acids is 1. The Kier molecular flexibility index (Phi) is 4.24. The molecule has 2 aliphatic rings. The first kappa shape index (κ1) is 14.9. The Morgan fingerprint density at radius 1 is 1.24 bits per heavy atom. The lowest BCUT2D eigenvalue weighted by Gasteiger charge is -2.26. The lowest BCUT2D eigenvalue weighted by Crippen LogP contribution is -2.41. The zero-order chi connectivity index (χ0) is 15.0. The number of urea groups is 1. The Morgan fingerprint density at radius 3 is 2.62 bits per heavy atom. The number of likely N-dealkylation sites (tertiary alicyclic amines) is 1. The number of fused-ring (bicyclic) bond motifs is 2. The maximum Gasteiger partial charge on any atom is 0.321 e. The number of pyridine rings is 1. The second kappa shape index (κ2) is 5.99. The zero-order valence-corrected chi connectivity index (χ0v) is 13.4. The smallest absolute Gasteiger partial charge is 0.321 e. The van der Waals surface area contributed by atoms with Crippen LogP contribution in [0.4, 0.5) is 10.5 Å². The van der Waals surface area contributed by atoms with Gasteiger partial charge in [-0.2, -0.15) is 0 Å². The van der Waals surface area contributed by atoms with Gasteiger partial charge in [0.1, 0.15) is 10.3 Å². The van der Waals surface area contributed by atoms with Gasteiger partial charge in [-0.05, 0) is 38.4 Å². The van der Waals surface area contributed by atoms with Crippen LogP contribution in [0, 0.1) is 0 Å². The minimum atomic E-state index is -0.103. The molecular weight excluding hydrogens is 311 g/mol. The fraction of sp³-hybridized carbons (Fsp3) is 0.571. The fourth-order valence-electron chi connectivity index (χ4n) is 3.23. The van der Waals surface area contributed by atoms with E-state index in [1.54, 1.807) is 12.1 Å². The molecule has 1 N–H and O–H groups in total. The summed E-state index contributed by atoms with van der Waals surface area (Å²) in [6.45, 7) is 1.55. The van der Waals surface area contributed by atoms with Crippen molar-refractivity contribution >= 4 is 34.9 Å². The van der Waals surface area contributed by atoms with E-state index in [4.69, 9.17) is 23.2 Å². The summed E-state index contributed by atoms with van der Waals surface area (Å²) in [7, 11) is 2.16. The third-order valence-corrected chi connectivity index (χ3v) is 4.84. The Bertz CT molecular complexity index is 534. The molecule has 0 aliphatic carbocycles. The summed E-state index contributed by atoms with van der Waals surface area (Å²) in [4.78, 5) is 20.6. The van der Waals surface area contributed by atoms with E-state index in [0.29, 0.717) is 17.8 Å². The van der Waals surface area contributed by atoms with E-state index in [1.807, 2.05) is 4.90 Å². The first-order valence-corrected chi connectivity index (χ1v) is 7.89. The summed E-state index contributed by atoms with van der Waals surface area (Å²) < 4.78 is 0. The lowest BCUT2D eigenvalue weighted by atomic mass is 10.1. The Morgan fingerprint density at radius 2 is 1.90 bits per heavy atom. The van der Waals surface area contributed by atoms with Crippen LogP contribution >= 0.6 is 23.2 Å². The summed E-state index contributed by atoms with van der Waals surface area (Å²) in [6, 6.07) is 4.17. The van der Waals surface area contributed by atoms with Crippen molar-refractivity contribution < 1.29 is 4.79 Å². The Balaban J connectivity index is 1.68. The molecule has 2 fully saturated rings. The first-order chi connectivity index (χ1) is 10.0. The van der Waals surface area contributed by atoms with E-state index in [0.717, 1.165) is 25.9 Å². The van der Waals surface area contributed by atoms with E-state index in [1.165, 1.54) is 6.42 Å². The van der Waals surface area contributed by atoms with Gasteiger partial charge >= 0.3 is 6.03 Å². The van der Waals surface area contributed by atoms with Crippen LogP contribution in [0.5, 0.6) is 0 Å². The van der Waals surface area contributed by atoms with E-state index in [2.05, 4.69) is 22.2 Å². The zero-order valence-electron chi connectivity index (χ0n) is 11.9. The maximum atomic E-state index is 12.4. The molecule has 21 heavy (non-hydrogen) atoms. The van der Waals surface area contributed by atoms with Crippen molar-refractivity contribution in [2.75, 3.05) is 25.5 Å². The molecule has 2 saturated heterocycles. The predicted octanol–water partition coefficient (Wildman–Crippen LogP) is 3.09. The van der Waals surface area contributed by atoms with Gasteiger partial charge in [0, 0.05) is 30.9 Å². The molecular formula is C14H18Cl2N4O. The molecule has 3 rings (SSSR count). The third kappa shape index (κ3) is 3.25. The van der Waals surface area contributed by atoms with Crippen LogP contribution in [0.25, 0.3) is 0 Å². The van der Waals surface area contributed by atoms with Crippen LogP contribution in [-0.2, 0) is 0 Å². The average molecular weight is 329 g/mol. The standard InChI is InChI=1S/C14H18Cl2N4O/c1-19-10-2-3-11(19)8-20(5-4-10)14(21)17-9-6-12(15)18-13(16)7-9/h6-7,10-11H,2-5,8H2,1H3,(H,17,18,21)/t10-,11+/m0/s1. The number of likely N-dealkylation sites (N-methyl/N-ethyl adjacent to an activating group) is 1. The molecule has 2 aliphatic heterocycles. The highest BCUT2D eigenvalue weighted by molar-refractivity contribution is 6.32. The fourth-order valence-corrected chi connectivity index (χ4v) is 3.69. The molecule has 0 aromatic carbocycles. The minimum absolute atomic E-state index is 0.103. The molecule has 0 saturated carbocycles.